The molecule has 7 nitrogen and oxygen atoms in total. The SMILES string of the molecule is Cc1ccc(NC(=O)OCC2c3ccccc3-c3ccccc32)c(C(=O)N2CCC(C(=O)O)C2)c1. The van der Waals surface area contributed by atoms with Gasteiger partial charge in [-0.3, -0.25) is 14.9 Å². The fourth-order valence-corrected chi connectivity index (χ4v) is 5.01. The maximum atomic E-state index is 13.2. The van der Waals surface area contributed by atoms with Crippen molar-refractivity contribution in [1.82, 2.24) is 4.90 Å². The van der Waals surface area contributed by atoms with Gasteiger partial charge in [0, 0.05) is 19.0 Å². The molecule has 2 aliphatic rings. The Morgan fingerprint density at radius 1 is 1.00 bits per heavy atom. The lowest BCUT2D eigenvalue weighted by molar-refractivity contribution is -0.141. The van der Waals surface area contributed by atoms with Crippen LogP contribution in [0.1, 0.15) is 39.4 Å². The summed E-state index contributed by atoms with van der Waals surface area (Å²) in [5.74, 6) is -1.83. The van der Waals surface area contributed by atoms with Gasteiger partial charge in [0.05, 0.1) is 17.2 Å². The van der Waals surface area contributed by atoms with Crippen LogP contribution < -0.4 is 5.32 Å². The number of nitrogens with zero attached hydrogens (tertiary/aromatic N) is 1. The van der Waals surface area contributed by atoms with Gasteiger partial charge in [0.2, 0.25) is 0 Å². The number of benzene rings is 3. The van der Waals surface area contributed by atoms with Crippen LogP contribution in [0.5, 0.6) is 0 Å². The van der Waals surface area contributed by atoms with E-state index in [0.717, 1.165) is 27.8 Å². The fraction of sp³-hybridized carbons (Fsp3) is 0.250. The van der Waals surface area contributed by atoms with Crippen LogP contribution in [0.2, 0.25) is 0 Å². The first-order valence-corrected chi connectivity index (χ1v) is 11.7. The summed E-state index contributed by atoms with van der Waals surface area (Å²) in [5, 5.41) is 12.0. The highest BCUT2D eigenvalue weighted by molar-refractivity contribution is 6.03. The van der Waals surface area contributed by atoms with Gasteiger partial charge in [0.25, 0.3) is 5.91 Å². The maximum absolute atomic E-state index is 13.2. The topological polar surface area (TPSA) is 95.9 Å². The van der Waals surface area contributed by atoms with E-state index in [1.807, 2.05) is 31.2 Å². The molecule has 1 heterocycles. The quantitative estimate of drug-likeness (QED) is 0.553. The zero-order valence-corrected chi connectivity index (χ0v) is 19.4. The van der Waals surface area contributed by atoms with Gasteiger partial charge in [0.15, 0.2) is 0 Å². The molecule has 1 saturated heterocycles. The van der Waals surface area contributed by atoms with Crippen LogP contribution in [0.15, 0.2) is 66.7 Å². The average molecular weight is 471 g/mol. The van der Waals surface area contributed by atoms with E-state index in [1.165, 1.54) is 4.90 Å². The number of nitrogens with one attached hydrogen (secondary N) is 1. The number of carboxylic acid groups (broad SMARTS) is 1. The molecule has 1 fully saturated rings. The fourth-order valence-electron chi connectivity index (χ4n) is 5.01. The molecule has 2 amide bonds. The first-order chi connectivity index (χ1) is 16.9. The predicted octanol–water partition coefficient (Wildman–Crippen LogP) is 4.90. The van der Waals surface area contributed by atoms with Gasteiger partial charge in [-0.15, -0.1) is 0 Å². The molecule has 7 heteroatoms. The molecule has 3 aromatic rings. The average Bonchev–Trinajstić information content (AvgIpc) is 3.47. The van der Waals surface area contributed by atoms with Crippen LogP contribution in [-0.2, 0) is 9.53 Å². The largest absolute Gasteiger partial charge is 0.481 e. The molecular formula is C28H26N2O5. The summed E-state index contributed by atoms with van der Waals surface area (Å²) in [6.07, 6.45) is -0.225. The summed E-state index contributed by atoms with van der Waals surface area (Å²) in [5.41, 5.74) is 6.06. The van der Waals surface area contributed by atoms with E-state index in [0.29, 0.717) is 24.2 Å². The second-order valence-corrected chi connectivity index (χ2v) is 9.07. The number of ether oxygens (including phenoxy) is 1. The molecule has 1 unspecified atom stereocenters. The van der Waals surface area contributed by atoms with Crippen LogP contribution in [0.4, 0.5) is 10.5 Å². The third-order valence-corrected chi connectivity index (χ3v) is 6.81. The molecule has 2 N–H and O–H groups in total. The first-order valence-electron chi connectivity index (χ1n) is 11.7. The van der Waals surface area contributed by atoms with Crippen LogP contribution in [0.3, 0.4) is 0 Å². The Labute approximate surface area is 203 Å². The lowest BCUT2D eigenvalue weighted by Crippen LogP contribution is -2.31. The van der Waals surface area contributed by atoms with E-state index in [-0.39, 0.29) is 25.0 Å². The van der Waals surface area contributed by atoms with E-state index in [4.69, 9.17) is 4.74 Å². The number of likely N-dealkylation sites (tertiary alicyclic amines) is 1. The predicted molar refractivity (Wildman–Crippen MR) is 132 cm³/mol. The molecule has 1 aliphatic heterocycles. The number of carbonyl (C=O) groups excluding carboxylic acids is 2. The lowest BCUT2D eigenvalue weighted by Gasteiger charge is -2.19. The molecule has 0 spiro atoms. The molecule has 35 heavy (non-hydrogen) atoms. The van der Waals surface area contributed by atoms with Gasteiger partial charge >= 0.3 is 12.1 Å². The molecular weight excluding hydrogens is 444 g/mol. The molecule has 0 radical (unpaired) electrons. The van der Waals surface area contributed by atoms with E-state index in [1.54, 1.807) is 18.2 Å². The van der Waals surface area contributed by atoms with Gasteiger partial charge < -0.3 is 14.7 Å². The van der Waals surface area contributed by atoms with Crippen molar-refractivity contribution in [3.63, 3.8) is 0 Å². The number of aryl methyl sites for hydroxylation is 1. The minimum absolute atomic E-state index is 0.0650. The van der Waals surface area contributed by atoms with Gasteiger partial charge in [-0.1, -0.05) is 60.2 Å². The molecule has 0 saturated carbocycles. The summed E-state index contributed by atoms with van der Waals surface area (Å²) in [6, 6.07) is 21.4. The maximum Gasteiger partial charge on any atom is 0.411 e. The second kappa shape index (κ2) is 9.25. The smallest absolute Gasteiger partial charge is 0.411 e. The Morgan fingerprint density at radius 2 is 1.66 bits per heavy atom. The molecule has 178 valence electrons. The van der Waals surface area contributed by atoms with Crippen molar-refractivity contribution >= 4 is 23.7 Å². The van der Waals surface area contributed by atoms with Crippen molar-refractivity contribution in [3.05, 3.63) is 89.0 Å². The van der Waals surface area contributed by atoms with Gasteiger partial charge in [0.1, 0.15) is 6.61 Å². The summed E-state index contributed by atoms with van der Waals surface area (Å²) in [7, 11) is 0. The van der Waals surface area contributed by atoms with Crippen molar-refractivity contribution in [2.24, 2.45) is 5.92 Å². The van der Waals surface area contributed by atoms with Gasteiger partial charge in [-0.05, 0) is 47.7 Å². The zero-order valence-electron chi connectivity index (χ0n) is 19.4. The third kappa shape index (κ3) is 4.37. The van der Waals surface area contributed by atoms with Crippen LogP contribution in [0.25, 0.3) is 11.1 Å². The van der Waals surface area contributed by atoms with Crippen LogP contribution in [0, 0.1) is 12.8 Å². The first kappa shape index (κ1) is 22.7. The normalized spacial score (nSPS) is 16.5. The number of aliphatic carboxylic acids is 1. The summed E-state index contributed by atoms with van der Waals surface area (Å²) in [6.45, 7) is 2.56. The summed E-state index contributed by atoms with van der Waals surface area (Å²) in [4.78, 5) is 38.8. The van der Waals surface area contributed by atoms with Crippen LogP contribution >= 0.6 is 0 Å². The minimum Gasteiger partial charge on any atom is -0.481 e. The Hall–Kier alpha value is -4.13. The Balaban J connectivity index is 1.30. The lowest BCUT2D eigenvalue weighted by atomic mass is 9.98. The standard InChI is InChI=1S/C28H26N2O5/c1-17-10-11-25(23(14-17)26(31)30-13-12-18(15-30)27(32)33)29-28(34)35-16-24-21-8-4-2-6-19(21)20-7-3-5-9-22(20)24/h2-11,14,18,24H,12-13,15-16H2,1H3,(H,29,34)(H,32,33). The number of anilines is 1. The molecule has 5 rings (SSSR count). The number of hydrogen-bond acceptors (Lipinski definition) is 4. The van der Waals surface area contributed by atoms with Crippen molar-refractivity contribution in [3.8, 4) is 11.1 Å². The van der Waals surface area contributed by atoms with Crippen molar-refractivity contribution in [2.45, 2.75) is 19.3 Å². The molecule has 1 atom stereocenters. The van der Waals surface area contributed by atoms with Crippen LogP contribution in [-0.4, -0.2) is 47.7 Å². The highest BCUT2D eigenvalue weighted by atomic mass is 16.5. The summed E-state index contributed by atoms with van der Waals surface area (Å²) < 4.78 is 5.63. The number of rotatable bonds is 5. The van der Waals surface area contributed by atoms with Gasteiger partial charge in [-0.2, -0.15) is 0 Å². The third-order valence-electron chi connectivity index (χ3n) is 6.81. The van der Waals surface area contributed by atoms with E-state index < -0.39 is 18.0 Å². The highest BCUT2D eigenvalue weighted by Gasteiger charge is 2.33. The van der Waals surface area contributed by atoms with E-state index in [2.05, 4.69) is 29.6 Å². The minimum atomic E-state index is -0.901. The van der Waals surface area contributed by atoms with E-state index in [9.17, 15) is 19.5 Å². The monoisotopic (exact) mass is 470 g/mol. The van der Waals surface area contributed by atoms with Crippen molar-refractivity contribution < 1.29 is 24.2 Å². The number of carbonyl (C=O) groups is 3. The Morgan fingerprint density at radius 3 is 2.29 bits per heavy atom. The highest BCUT2D eigenvalue weighted by Crippen LogP contribution is 2.44. The molecule has 0 bridgehead atoms. The zero-order chi connectivity index (χ0) is 24.5. The summed E-state index contributed by atoms with van der Waals surface area (Å²) >= 11 is 0. The molecule has 1 aliphatic carbocycles. The number of fused-ring (bicyclic) bond motifs is 3. The second-order valence-electron chi connectivity index (χ2n) is 9.07. The number of amides is 2. The number of carboxylic acids is 1. The molecule has 0 aromatic heterocycles. The van der Waals surface area contributed by atoms with Crippen molar-refractivity contribution in [2.75, 3.05) is 25.0 Å². The number of hydrogen-bond donors (Lipinski definition) is 2. The van der Waals surface area contributed by atoms with Crippen molar-refractivity contribution in [1.29, 1.82) is 0 Å². The Bertz CT molecular complexity index is 1270. The van der Waals surface area contributed by atoms with E-state index >= 15 is 0 Å². The Kier molecular flexibility index (Phi) is 5.99. The molecule has 3 aromatic carbocycles. The van der Waals surface area contributed by atoms with Gasteiger partial charge in [-0.25, -0.2) is 4.79 Å².